The minimum atomic E-state index is -0.547. The van der Waals surface area contributed by atoms with Gasteiger partial charge < -0.3 is 29.4 Å². The highest BCUT2D eigenvalue weighted by molar-refractivity contribution is 6.55. The molecule has 1 fully saturated rings. The molecule has 2 aliphatic rings. The molecule has 0 saturated carbocycles. The summed E-state index contributed by atoms with van der Waals surface area (Å²) in [7, 11) is -0.387. The highest BCUT2D eigenvalue weighted by Gasteiger charge is 2.53. The van der Waals surface area contributed by atoms with Gasteiger partial charge in [-0.05, 0) is 102 Å². The van der Waals surface area contributed by atoms with Crippen molar-refractivity contribution < 1.29 is 28.4 Å². The van der Waals surface area contributed by atoms with Crippen LogP contribution < -0.4 is 10.5 Å². The average molecular weight is 620 g/mol. The molecule has 44 heavy (non-hydrogen) atoms. The number of halogens is 1. The van der Waals surface area contributed by atoms with Crippen LogP contribution in [-0.4, -0.2) is 58.9 Å². The predicted molar refractivity (Wildman–Crippen MR) is 172 cm³/mol. The number of carbonyl (C=O) groups is 2. The maximum atomic E-state index is 12.1. The molecular weight excluding hydrogens is 581 g/mol. The first-order valence-electron chi connectivity index (χ1n) is 14.4. The fourth-order valence-electron chi connectivity index (χ4n) is 4.37. The maximum Gasteiger partial charge on any atom is 0.492 e. The molecule has 232 valence electrons. The number of carbonyl (C=O) groups excluding carboxylic acids is 2. The molecule has 11 heteroatoms. The summed E-state index contributed by atoms with van der Waals surface area (Å²) in [6.45, 7) is 14.7. The number of benzene rings is 2. The lowest BCUT2D eigenvalue weighted by Crippen LogP contribution is -2.41. The van der Waals surface area contributed by atoms with Crippen LogP contribution >= 0.6 is 11.6 Å². The number of hydrogen-bond donors (Lipinski definition) is 1. The van der Waals surface area contributed by atoms with Crippen molar-refractivity contribution in [3.63, 3.8) is 0 Å². The first kappa shape index (κ1) is 33.0. The Morgan fingerprint density at radius 1 is 0.932 bits per heavy atom. The Bertz CT molecular complexity index is 1500. The van der Waals surface area contributed by atoms with E-state index in [-0.39, 0.29) is 24.4 Å². The van der Waals surface area contributed by atoms with Gasteiger partial charge in [0.05, 0.1) is 22.5 Å². The molecule has 1 saturated heterocycles. The first-order valence-corrected chi connectivity index (χ1v) is 14.7. The SMILES string of the molecule is CC(C)(C)OC(=O)N1CC=C(B2OC(C)(C)C(C)(C)O2)C1.NC(=O)c1ccc(Cl)nc1-c1ccc(Oc2ccccc2)cc1. The van der Waals surface area contributed by atoms with E-state index in [0.717, 1.165) is 16.8 Å². The molecule has 5 rings (SSSR count). The summed E-state index contributed by atoms with van der Waals surface area (Å²) in [6, 6.07) is 19.8. The minimum Gasteiger partial charge on any atom is -0.457 e. The van der Waals surface area contributed by atoms with Crippen molar-refractivity contribution in [2.75, 3.05) is 13.1 Å². The molecule has 0 atom stereocenters. The third-order valence-electron chi connectivity index (χ3n) is 7.39. The van der Waals surface area contributed by atoms with E-state index in [1.54, 1.807) is 23.1 Å². The van der Waals surface area contributed by atoms with E-state index < -0.39 is 11.5 Å². The average Bonchev–Trinajstić information content (AvgIpc) is 3.51. The molecule has 0 aliphatic carbocycles. The number of nitrogens with zero attached hydrogens (tertiary/aromatic N) is 2. The Hall–Kier alpha value is -3.86. The van der Waals surface area contributed by atoms with Crippen molar-refractivity contribution in [1.29, 1.82) is 0 Å². The van der Waals surface area contributed by atoms with Crippen LogP contribution in [0, 0.1) is 0 Å². The van der Waals surface area contributed by atoms with Crippen molar-refractivity contribution in [3.8, 4) is 22.8 Å². The van der Waals surface area contributed by atoms with Crippen LogP contribution in [0.4, 0.5) is 4.79 Å². The Morgan fingerprint density at radius 3 is 2.09 bits per heavy atom. The highest BCUT2D eigenvalue weighted by atomic mass is 35.5. The zero-order chi connectivity index (χ0) is 32.3. The summed E-state index contributed by atoms with van der Waals surface area (Å²) in [5, 5.41) is 0.301. The lowest BCUT2D eigenvalue weighted by atomic mass is 9.79. The second kappa shape index (κ2) is 13.0. The van der Waals surface area contributed by atoms with E-state index >= 15 is 0 Å². The second-order valence-electron chi connectivity index (χ2n) is 12.6. The number of rotatable bonds is 5. The van der Waals surface area contributed by atoms with E-state index in [9.17, 15) is 9.59 Å². The Morgan fingerprint density at radius 2 is 1.52 bits per heavy atom. The number of pyridine rings is 1. The fourth-order valence-corrected chi connectivity index (χ4v) is 4.51. The summed E-state index contributed by atoms with van der Waals surface area (Å²) in [5.74, 6) is 0.885. The van der Waals surface area contributed by atoms with Crippen molar-refractivity contribution in [2.45, 2.75) is 65.3 Å². The fraction of sp³-hybridized carbons (Fsp3) is 0.364. The summed E-state index contributed by atoms with van der Waals surface area (Å²) < 4.78 is 23.1. The van der Waals surface area contributed by atoms with Crippen LogP contribution in [0.2, 0.25) is 5.15 Å². The van der Waals surface area contributed by atoms with Crippen molar-refractivity contribution >= 4 is 30.7 Å². The normalized spacial score (nSPS) is 17.0. The van der Waals surface area contributed by atoms with Crippen LogP contribution in [0.1, 0.15) is 58.8 Å². The molecule has 2 amide bonds. The van der Waals surface area contributed by atoms with Crippen LogP contribution in [0.15, 0.2) is 78.3 Å². The number of hydrogen-bond acceptors (Lipinski definition) is 7. The van der Waals surface area contributed by atoms with Gasteiger partial charge in [-0.25, -0.2) is 9.78 Å². The van der Waals surface area contributed by atoms with E-state index in [2.05, 4.69) is 4.98 Å². The van der Waals surface area contributed by atoms with Gasteiger partial charge in [0.25, 0.3) is 5.91 Å². The molecule has 0 radical (unpaired) electrons. The largest absolute Gasteiger partial charge is 0.492 e. The van der Waals surface area contributed by atoms with Gasteiger partial charge in [-0.1, -0.05) is 35.9 Å². The van der Waals surface area contributed by atoms with Gasteiger partial charge in [-0.3, -0.25) is 4.79 Å². The Kier molecular flexibility index (Phi) is 9.78. The quantitative estimate of drug-likeness (QED) is 0.240. The van der Waals surface area contributed by atoms with E-state index in [1.165, 1.54) is 6.07 Å². The number of aromatic nitrogens is 1. The van der Waals surface area contributed by atoms with Crippen molar-refractivity contribution in [3.05, 3.63) is 89.0 Å². The van der Waals surface area contributed by atoms with Crippen molar-refractivity contribution in [1.82, 2.24) is 9.88 Å². The van der Waals surface area contributed by atoms with Crippen molar-refractivity contribution in [2.24, 2.45) is 5.73 Å². The van der Waals surface area contributed by atoms with E-state index in [1.807, 2.05) is 97.0 Å². The molecule has 0 unspecified atom stereocenters. The summed E-state index contributed by atoms with van der Waals surface area (Å²) in [4.78, 5) is 29.5. The van der Waals surface area contributed by atoms with Gasteiger partial charge in [0, 0.05) is 18.7 Å². The zero-order valence-corrected chi connectivity index (χ0v) is 27.0. The van der Waals surface area contributed by atoms with Crippen LogP contribution in [0.5, 0.6) is 11.5 Å². The molecule has 0 spiro atoms. The van der Waals surface area contributed by atoms with Crippen LogP contribution in [0.25, 0.3) is 11.3 Å². The number of primary amides is 1. The molecule has 9 nitrogen and oxygen atoms in total. The van der Waals surface area contributed by atoms with Crippen LogP contribution in [0.3, 0.4) is 0 Å². The standard InChI is InChI=1S/C18H13ClN2O2.C15H26BNO4/c19-16-11-10-15(18(20)22)17(21-16)12-6-8-14(9-7-12)23-13-4-2-1-3-5-13;1-13(2,3)19-12(18)17-9-8-11(10-17)16-20-14(4,5)15(6,7)21-16/h1-11H,(H2,20,22);8H,9-10H2,1-7H3. The van der Waals surface area contributed by atoms with E-state index in [4.69, 9.17) is 36.1 Å². The van der Waals surface area contributed by atoms with Gasteiger partial charge in [-0.2, -0.15) is 0 Å². The molecule has 2 aliphatic heterocycles. The minimum absolute atomic E-state index is 0.301. The highest BCUT2D eigenvalue weighted by Crippen LogP contribution is 2.39. The monoisotopic (exact) mass is 619 g/mol. The number of amides is 2. The number of nitrogens with two attached hydrogens (primary N) is 1. The molecule has 2 N–H and O–H groups in total. The third-order valence-corrected chi connectivity index (χ3v) is 7.60. The summed E-state index contributed by atoms with van der Waals surface area (Å²) >= 11 is 5.92. The number of para-hydroxylation sites is 1. The van der Waals surface area contributed by atoms with Gasteiger partial charge in [-0.15, -0.1) is 0 Å². The molecule has 3 heterocycles. The lowest BCUT2D eigenvalue weighted by molar-refractivity contribution is 0.00578. The number of ether oxygens (including phenoxy) is 2. The topological polar surface area (TPSA) is 113 Å². The second-order valence-corrected chi connectivity index (χ2v) is 12.9. The van der Waals surface area contributed by atoms with Crippen LogP contribution in [-0.2, 0) is 14.0 Å². The van der Waals surface area contributed by atoms with Gasteiger partial charge in [0.2, 0.25) is 0 Å². The Labute approximate surface area is 264 Å². The van der Waals surface area contributed by atoms with Gasteiger partial charge >= 0.3 is 13.2 Å². The van der Waals surface area contributed by atoms with E-state index in [0.29, 0.717) is 35.2 Å². The van der Waals surface area contributed by atoms with Gasteiger partial charge in [0.1, 0.15) is 22.3 Å². The zero-order valence-electron chi connectivity index (χ0n) is 26.2. The molecule has 2 aromatic carbocycles. The summed E-state index contributed by atoms with van der Waals surface area (Å²) in [5.41, 5.74) is 6.68. The lowest BCUT2D eigenvalue weighted by Gasteiger charge is -2.32. The third kappa shape index (κ3) is 8.19. The Balaban J connectivity index is 0.000000202. The first-order chi connectivity index (χ1) is 20.5. The molecular formula is C33H39BClN3O6. The summed E-state index contributed by atoms with van der Waals surface area (Å²) in [6.07, 6.45) is 1.69. The molecule has 3 aromatic rings. The molecule has 0 bridgehead atoms. The molecule has 1 aromatic heterocycles. The maximum absolute atomic E-state index is 12.1. The van der Waals surface area contributed by atoms with Gasteiger partial charge in [0.15, 0.2) is 0 Å². The smallest absolute Gasteiger partial charge is 0.457 e. The predicted octanol–water partition coefficient (Wildman–Crippen LogP) is 7.09.